The van der Waals surface area contributed by atoms with E-state index in [0.29, 0.717) is 11.1 Å². The van der Waals surface area contributed by atoms with Crippen molar-refractivity contribution < 1.29 is 4.74 Å². The average molecular weight is 214 g/mol. The second kappa shape index (κ2) is 4.57. The third kappa shape index (κ3) is 2.56. The van der Waals surface area contributed by atoms with E-state index in [4.69, 9.17) is 16.3 Å². The normalized spacial score (nSPS) is 21.1. The molecule has 0 saturated carbocycles. The van der Waals surface area contributed by atoms with E-state index in [1.165, 1.54) is 6.33 Å². The highest BCUT2D eigenvalue weighted by Gasteiger charge is 2.15. The van der Waals surface area contributed by atoms with Crippen LogP contribution in [0.3, 0.4) is 0 Å². The van der Waals surface area contributed by atoms with Crippen LogP contribution in [0.5, 0.6) is 0 Å². The lowest BCUT2D eigenvalue weighted by Gasteiger charge is -2.09. The summed E-state index contributed by atoms with van der Waals surface area (Å²) < 4.78 is 5.27. The van der Waals surface area contributed by atoms with Crippen LogP contribution in [0.25, 0.3) is 0 Å². The average Bonchev–Trinajstić information content (AvgIpc) is 2.67. The van der Waals surface area contributed by atoms with E-state index in [0.717, 1.165) is 32.0 Å². The molecule has 1 saturated heterocycles. The smallest absolute Gasteiger partial charge is 0.134 e. The first-order valence-electron chi connectivity index (χ1n) is 4.64. The molecule has 1 aliphatic rings. The topological polar surface area (TPSA) is 47.0 Å². The van der Waals surface area contributed by atoms with Crippen LogP contribution in [0, 0.1) is 5.92 Å². The summed E-state index contributed by atoms with van der Waals surface area (Å²) in [5.41, 5.74) is 0. The van der Waals surface area contributed by atoms with Crippen LogP contribution < -0.4 is 5.32 Å². The fourth-order valence-corrected chi connectivity index (χ4v) is 1.57. The molecular formula is C9H12ClN3O. The Morgan fingerprint density at radius 1 is 1.57 bits per heavy atom. The minimum Gasteiger partial charge on any atom is -0.381 e. The van der Waals surface area contributed by atoms with E-state index in [2.05, 4.69) is 15.3 Å². The summed E-state index contributed by atoms with van der Waals surface area (Å²) in [6, 6.07) is 1.72. The number of halogens is 1. The second-order valence-electron chi connectivity index (χ2n) is 3.34. The number of hydrogen-bond acceptors (Lipinski definition) is 4. The maximum Gasteiger partial charge on any atom is 0.134 e. The Hall–Kier alpha value is -0.870. The highest BCUT2D eigenvalue weighted by atomic mass is 35.5. The van der Waals surface area contributed by atoms with E-state index >= 15 is 0 Å². The summed E-state index contributed by atoms with van der Waals surface area (Å²) in [4.78, 5) is 7.86. The van der Waals surface area contributed by atoms with Crippen molar-refractivity contribution in [3.63, 3.8) is 0 Å². The van der Waals surface area contributed by atoms with Gasteiger partial charge in [-0.1, -0.05) is 11.6 Å². The van der Waals surface area contributed by atoms with Gasteiger partial charge in [-0.15, -0.1) is 0 Å². The third-order valence-electron chi connectivity index (χ3n) is 2.23. The Labute approximate surface area is 87.7 Å². The summed E-state index contributed by atoms with van der Waals surface area (Å²) in [5.74, 6) is 1.36. The Morgan fingerprint density at radius 3 is 3.21 bits per heavy atom. The maximum absolute atomic E-state index is 5.72. The van der Waals surface area contributed by atoms with Gasteiger partial charge in [-0.25, -0.2) is 9.97 Å². The summed E-state index contributed by atoms with van der Waals surface area (Å²) in [7, 11) is 0. The largest absolute Gasteiger partial charge is 0.381 e. The number of ether oxygens (including phenoxy) is 1. The number of nitrogens with one attached hydrogen (secondary N) is 1. The Kier molecular flexibility index (Phi) is 3.16. The van der Waals surface area contributed by atoms with Crippen molar-refractivity contribution in [3.8, 4) is 0 Å². The summed E-state index contributed by atoms with van der Waals surface area (Å²) in [6.45, 7) is 2.59. The zero-order valence-electron chi connectivity index (χ0n) is 7.74. The Balaban J connectivity index is 1.85. The van der Waals surface area contributed by atoms with Crippen molar-refractivity contribution in [2.45, 2.75) is 6.42 Å². The molecule has 0 aromatic carbocycles. The number of nitrogens with zero attached hydrogens (tertiary/aromatic N) is 2. The monoisotopic (exact) mass is 213 g/mol. The van der Waals surface area contributed by atoms with Crippen LogP contribution in [0.1, 0.15) is 6.42 Å². The van der Waals surface area contributed by atoms with E-state index < -0.39 is 0 Å². The molecule has 0 bridgehead atoms. The highest BCUT2D eigenvalue weighted by Crippen LogP contribution is 2.14. The van der Waals surface area contributed by atoms with Gasteiger partial charge in [-0.05, 0) is 6.42 Å². The lowest BCUT2D eigenvalue weighted by molar-refractivity contribution is 0.187. The zero-order chi connectivity index (χ0) is 9.80. The molecule has 4 nitrogen and oxygen atoms in total. The molecule has 14 heavy (non-hydrogen) atoms. The standard InChI is InChI=1S/C9H12ClN3O/c10-8-3-9(13-6-12-8)11-4-7-1-2-14-5-7/h3,6-7H,1-2,4-5H2,(H,11,12,13). The van der Waals surface area contributed by atoms with Crippen LogP contribution in [0.2, 0.25) is 5.15 Å². The fourth-order valence-electron chi connectivity index (χ4n) is 1.42. The first-order valence-corrected chi connectivity index (χ1v) is 5.01. The molecule has 1 unspecified atom stereocenters. The minimum absolute atomic E-state index is 0.463. The van der Waals surface area contributed by atoms with Crippen molar-refractivity contribution in [1.29, 1.82) is 0 Å². The first kappa shape index (κ1) is 9.68. The van der Waals surface area contributed by atoms with Crippen LogP contribution in [-0.4, -0.2) is 29.7 Å². The van der Waals surface area contributed by atoms with Crippen LogP contribution in [0.4, 0.5) is 5.82 Å². The van der Waals surface area contributed by atoms with Gasteiger partial charge in [0, 0.05) is 25.1 Å². The van der Waals surface area contributed by atoms with E-state index in [1.54, 1.807) is 6.07 Å². The van der Waals surface area contributed by atoms with Crippen molar-refractivity contribution in [3.05, 3.63) is 17.5 Å². The molecule has 76 valence electrons. The maximum atomic E-state index is 5.72. The predicted octanol–water partition coefficient (Wildman–Crippen LogP) is 1.58. The molecule has 0 radical (unpaired) electrons. The number of anilines is 1. The quantitative estimate of drug-likeness (QED) is 0.775. The Morgan fingerprint density at radius 2 is 2.50 bits per heavy atom. The van der Waals surface area contributed by atoms with Crippen LogP contribution >= 0.6 is 11.6 Å². The Bertz CT molecular complexity index is 302. The molecule has 1 aromatic rings. The van der Waals surface area contributed by atoms with Gasteiger partial charge in [0.05, 0.1) is 6.61 Å². The van der Waals surface area contributed by atoms with Crippen molar-refractivity contribution >= 4 is 17.4 Å². The van der Waals surface area contributed by atoms with Gasteiger partial charge >= 0.3 is 0 Å². The molecule has 2 rings (SSSR count). The molecule has 0 amide bonds. The van der Waals surface area contributed by atoms with E-state index in [-0.39, 0.29) is 0 Å². The SMILES string of the molecule is Clc1cc(NCC2CCOC2)ncn1. The predicted molar refractivity (Wildman–Crippen MR) is 54.5 cm³/mol. The van der Waals surface area contributed by atoms with Crippen LogP contribution in [0.15, 0.2) is 12.4 Å². The molecule has 1 aliphatic heterocycles. The van der Waals surface area contributed by atoms with E-state index in [9.17, 15) is 0 Å². The molecular weight excluding hydrogens is 202 g/mol. The molecule has 1 atom stereocenters. The van der Waals surface area contributed by atoms with Crippen LogP contribution in [-0.2, 0) is 4.74 Å². The fraction of sp³-hybridized carbons (Fsp3) is 0.556. The summed E-state index contributed by atoms with van der Waals surface area (Å²) in [6.07, 6.45) is 2.57. The summed E-state index contributed by atoms with van der Waals surface area (Å²) >= 11 is 5.72. The van der Waals surface area contributed by atoms with Gasteiger partial charge in [-0.3, -0.25) is 0 Å². The van der Waals surface area contributed by atoms with Gasteiger partial charge in [-0.2, -0.15) is 0 Å². The minimum atomic E-state index is 0.463. The highest BCUT2D eigenvalue weighted by molar-refractivity contribution is 6.29. The molecule has 0 aliphatic carbocycles. The molecule has 0 spiro atoms. The second-order valence-corrected chi connectivity index (χ2v) is 3.72. The summed E-state index contributed by atoms with van der Waals surface area (Å²) in [5, 5.41) is 3.67. The third-order valence-corrected chi connectivity index (χ3v) is 2.44. The number of aromatic nitrogens is 2. The molecule has 5 heteroatoms. The molecule has 2 heterocycles. The van der Waals surface area contributed by atoms with Gasteiger partial charge in [0.2, 0.25) is 0 Å². The lowest BCUT2D eigenvalue weighted by Crippen LogP contribution is -2.14. The molecule has 1 N–H and O–H groups in total. The van der Waals surface area contributed by atoms with Crippen molar-refractivity contribution in [2.75, 3.05) is 25.1 Å². The lowest BCUT2D eigenvalue weighted by atomic mass is 10.1. The van der Waals surface area contributed by atoms with Gasteiger partial charge in [0.15, 0.2) is 0 Å². The number of hydrogen-bond donors (Lipinski definition) is 1. The van der Waals surface area contributed by atoms with E-state index in [1.807, 2.05) is 0 Å². The number of rotatable bonds is 3. The van der Waals surface area contributed by atoms with Crippen molar-refractivity contribution in [2.24, 2.45) is 5.92 Å². The van der Waals surface area contributed by atoms with Gasteiger partial charge in [0.25, 0.3) is 0 Å². The van der Waals surface area contributed by atoms with Gasteiger partial charge in [0.1, 0.15) is 17.3 Å². The van der Waals surface area contributed by atoms with Gasteiger partial charge < -0.3 is 10.1 Å². The molecule has 1 aromatic heterocycles. The zero-order valence-corrected chi connectivity index (χ0v) is 8.50. The first-order chi connectivity index (χ1) is 6.84. The van der Waals surface area contributed by atoms with Crippen molar-refractivity contribution in [1.82, 2.24) is 9.97 Å². The molecule has 1 fully saturated rings.